The van der Waals surface area contributed by atoms with Crippen molar-refractivity contribution >= 4 is 23.3 Å². The summed E-state index contributed by atoms with van der Waals surface area (Å²) >= 11 is 0. The Labute approximate surface area is 122 Å². The molecule has 21 heavy (non-hydrogen) atoms. The van der Waals surface area contributed by atoms with E-state index in [0.717, 1.165) is 34.6 Å². The first-order valence-corrected chi connectivity index (χ1v) is 6.87. The van der Waals surface area contributed by atoms with Gasteiger partial charge in [-0.2, -0.15) is 15.2 Å². The lowest BCUT2D eigenvalue weighted by molar-refractivity contribution is 0.617. The third-order valence-corrected chi connectivity index (χ3v) is 3.38. The van der Waals surface area contributed by atoms with Crippen LogP contribution >= 0.6 is 0 Å². The van der Waals surface area contributed by atoms with E-state index in [1.807, 2.05) is 42.8 Å². The first-order valence-electron chi connectivity index (χ1n) is 6.87. The molecule has 0 amide bonds. The summed E-state index contributed by atoms with van der Waals surface area (Å²) < 4.78 is 7.49. The van der Waals surface area contributed by atoms with Gasteiger partial charge in [0.15, 0.2) is 5.58 Å². The van der Waals surface area contributed by atoms with Gasteiger partial charge in [-0.1, -0.05) is 12.1 Å². The maximum atomic E-state index is 5.54. The van der Waals surface area contributed by atoms with Crippen LogP contribution in [0.5, 0.6) is 0 Å². The molecule has 0 fully saturated rings. The molecular weight excluding hydrogens is 266 g/mol. The fourth-order valence-electron chi connectivity index (χ4n) is 2.28. The van der Waals surface area contributed by atoms with Gasteiger partial charge in [0.25, 0.3) is 0 Å². The number of fused-ring (bicyclic) bond motifs is 1. The van der Waals surface area contributed by atoms with Gasteiger partial charge in [-0.3, -0.25) is 4.68 Å². The van der Waals surface area contributed by atoms with Crippen molar-refractivity contribution < 1.29 is 4.42 Å². The van der Waals surface area contributed by atoms with Crippen molar-refractivity contribution in [2.45, 2.75) is 27.3 Å². The van der Waals surface area contributed by atoms with Crippen LogP contribution in [0.4, 0.5) is 6.01 Å². The Morgan fingerprint density at radius 3 is 2.86 bits per heavy atom. The minimum atomic E-state index is 0.380. The number of nitrogens with one attached hydrogen (secondary N) is 1. The fraction of sp³-hybridized carbons (Fsp3) is 0.267. The van der Waals surface area contributed by atoms with E-state index >= 15 is 0 Å². The minimum Gasteiger partial charge on any atom is -0.422 e. The number of oxazole rings is 1. The Morgan fingerprint density at radius 1 is 1.33 bits per heavy atom. The molecule has 3 aromatic rings. The molecule has 0 spiro atoms. The number of hydrazone groups is 1. The topological polar surface area (TPSA) is 68.2 Å². The van der Waals surface area contributed by atoms with E-state index in [1.165, 1.54) is 0 Å². The molecule has 2 heterocycles. The Kier molecular flexibility index (Phi) is 3.43. The van der Waals surface area contributed by atoms with Crippen molar-refractivity contribution in [1.82, 2.24) is 14.8 Å². The van der Waals surface area contributed by atoms with Crippen LogP contribution in [-0.4, -0.2) is 21.0 Å². The largest absolute Gasteiger partial charge is 0.422 e. The van der Waals surface area contributed by atoms with Crippen LogP contribution in [-0.2, 0) is 6.54 Å². The number of anilines is 1. The molecule has 3 rings (SSSR count). The molecule has 6 nitrogen and oxygen atoms in total. The third-order valence-electron chi connectivity index (χ3n) is 3.38. The van der Waals surface area contributed by atoms with Crippen molar-refractivity contribution in [2.75, 3.05) is 5.43 Å². The van der Waals surface area contributed by atoms with Gasteiger partial charge in [0.05, 0.1) is 11.9 Å². The van der Waals surface area contributed by atoms with Crippen LogP contribution in [0.25, 0.3) is 11.1 Å². The Morgan fingerprint density at radius 2 is 2.14 bits per heavy atom. The lowest BCUT2D eigenvalue weighted by Gasteiger charge is -1.98. The molecule has 1 N–H and O–H groups in total. The first-order chi connectivity index (χ1) is 10.2. The molecule has 0 aliphatic carbocycles. The molecule has 0 atom stereocenters. The molecule has 1 aromatic carbocycles. The molecule has 0 aliphatic heterocycles. The first kappa shape index (κ1) is 13.4. The molecule has 0 saturated heterocycles. The van der Waals surface area contributed by atoms with Gasteiger partial charge in [-0.05, 0) is 32.9 Å². The number of rotatable bonds is 4. The lowest BCUT2D eigenvalue weighted by Crippen LogP contribution is -1.99. The average Bonchev–Trinajstić information content (AvgIpc) is 3.01. The second kappa shape index (κ2) is 5.40. The van der Waals surface area contributed by atoms with Crippen molar-refractivity contribution in [3.05, 3.63) is 41.2 Å². The van der Waals surface area contributed by atoms with E-state index in [2.05, 4.69) is 27.5 Å². The summed E-state index contributed by atoms with van der Waals surface area (Å²) in [6.07, 6.45) is 1.75. The predicted molar refractivity (Wildman–Crippen MR) is 82.6 cm³/mol. The van der Waals surface area contributed by atoms with Gasteiger partial charge in [-0.25, -0.2) is 5.43 Å². The summed E-state index contributed by atoms with van der Waals surface area (Å²) in [5, 5.41) is 8.64. The highest BCUT2D eigenvalue weighted by molar-refractivity contribution is 5.83. The Bertz CT molecular complexity index is 767. The Balaban J connectivity index is 1.79. The summed E-state index contributed by atoms with van der Waals surface area (Å²) in [5.41, 5.74) is 7.43. The number of benzene rings is 1. The van der Waals surface area contributed by atoms with Crippen LogP contribution in [0, 0.1) is 13.8 Å². The van der Waals surface area contributed by atoms with Gasteiger partial charge in [0.1, 0.15) is 5.52 Å². The number of nitrogens with zero attached hydrogens (tertiary/aromatic N) is 4. The van der Waals surface area contributed by atoms with E-state index in [9.17, 15) is 0 Å². The maximum absolute atomic E-state index is 5.54. The molecule has 6 heteroatoms. The van der Waals surface area contributed by atoms with Gasteiger partial charge in [0, 0.05) is 17.8 Å². The Hall–Kier alpha value is -2.63. The predicted octanol–water partition coefficient (Wildman–Crippen LogP) is 3.11. The quantitative estimate of drug-likeness (QED) is 0.590. The molecule has 0 unspecified atom stereocenters. The van der Waals surface area contributed by atoms with E-state index in [-0.39, 0.29) is 0 Å². The normalized spacial score (nSPS) is 11.6. The molecular formula is C15H17N5O. The van der Waals surface area contributed by atoms with Crippen LogP contribution in [0.2, 0.25) is 0 Å². The molecule has 0 bridgehead atoms. The van der Waals surface area contributed by atoms with Crippen LogP contribution < -0.4 is 5.43 Å². The van der Waals surface area contributed by atoms with E-state index < -0.39 is 0 Å². The number of para-hydroxylation sites is 2. The average molecular weight is 283 g/mol. The zero-order valence-electron chi connectivity index (χ0n) is 12.3. The highest BCUT2D eigenvalue weighted by atomic mass is 16.4. The van der Waals surface area contributed by atoms with E-state index in [1.54, 1.807) is 6.21 Å². The maximum Gasteiger partial charge on any atom is 0.316 e. The molecule has 0 saturated carbocycles. The second-order valence-corrected chi connectivity index (χ2v) is 4.76. The zero-order chi connectivity index (χ0) is 14.8. The summed E-state index contributed by atoms with van der Waals surface area (Å²) in [5.74, 6) is 0. The van der Waals surface area contributed by atoms with Crippen LogP contribution in [0.3, 0.4) is 0 Å². The second-order valence-electron chi connectivity index (χ2n) is 4.76. The van der Waals surface area contributed by atoms with E-state index in [0.29, 0.717) is 6.01 Å². The third kappa shape index (κ3) is 2.52. The van der Waals surface area contributed by atoms with Crippen LogP contribution in [0.1, 0.15) is 23.9 Å². The standard InChI is InChI=1S/C15H17N5O/c1-4-20-11(3)12(10(2)19-20)9-16-18-15-17-13-7-5-6-8-14(13)21-15/h5-9H,4H2,1-3H3,(H,17,18)/b16-9-. The summed E-state index contributed by atoms with van der Waals surface area (Å²) in [7, 11) is 0. The minimum absolute atomic E-state index is 0.380. The lowest BCUT2D eigenvalue weighted by atomic mass is 10.2. The summed E-state index contributed by atoms with van der Waals surface area (Å²) in [4.78, 5) is 4.30. The van der Waals surface area contributed by atoms with Crippen LogP contribution in [0.15, 0.2) is 33.8 Å². The highest BCUT2D eigenvalue weighted by Crippen LogP contribution is 2.18. The number of aromatic nitrogens is 3. The van der Waals surface area contributed by atoms with Crippen molar-refractivity contribution in [1.29, 1.82) is 0 Å². The smallest absolute Gasteiger partial charge is 0.316 e. The fourth-order valence-corrected chi connectivity index (χ4v) is 2.28. The molecule has 0 aliphatic rings. The van der Waals surface area contributed by atoms with Crippen molar-refractivity contribution in [2.24, 2.45) is 5.10 Å². The summed E-state index contributed by atoms with van der Waals surface area (Å²) in [6.45, 7) is 6.92. The SMILES string of the molecule is CCn1nc(C)c(/C=N\Nc2nc3ccccc3o2)c1C. The van der Waals surface area contributed by atoms with Gasteiger partial charge in [0.2, 0.25) is 0 Å². The van der Waals surface area contributed by atoms with Crippen molar-refractivity contribution in [3.8, 4) is 0 Å². The number of aryl methyl sites for hydroxylation is 2. The molecule has 0 radical (unpaired) electrons. The summed E-state index contributed by atoms with van der Waals surface area (Å²) in [6, 6.07) is 7.98. The molecule has 108 valence electrons. The van der Waals surface area contributed by atoms with Crippen molar-refractivity contribution in [3.63, 3.8) is 0 Å². The monoisotopic (exact) mass is 283 g/mol. The molecule has 2 aromatic heterocycles. The van der Waals surface area contributed by atoms with Gasteiger partial charge < -0.3 is 4.42 Å². The van der Waals surface area contributed by atoms with Gasteiger partial charge >= 0.3 is 6.01 Å². The highest BCUT2D eigenvalue weighted by Gasteiger charge is 2.08. The van der Waals surface area contributed by atoms with E-state index in [4.69, 9.17) is 4.42 Å². The number of hydrogen-bond donors (Lipinski definition) is 1. The zero-order valence-corrected chi connectivity index (χ0v) is 12.3. The number of hydrogen-bond acceptors (Lipinski definition) is 5. The van der Waals surface area contributed by atoms with Gasteiger partial charge in [-0.15, -0.1) is 0 Å².